The summed E-state index contributed by atoms with van der Waals surface area (Å²) >= 11 is 1.45. The third-order valence-corrected chi connectivity index (χ3v) is 3.79. The molecule has 2 aromatic rings. The van der Waals surface area contributed by atoms with Crippen molar-refractivity contribution in [1.82, 2.24) is 10.5 Å². The minimum atomic E-state index is -1.01. The summed E-state index contributed by atoms with van der Waals surface area (Å²) in [5, 5.41) is 17.0. The van der Waals surface area contributed by atoms with Crippen LogP contribution in [0.5, 0.6) is 0 Å². The van der Waals surface area contributed by atoms with E-state index in [0.29, 0.717) is 23.6 Å². The van der Waals surface area contributed by atoms with E-state index in [4.69, 9.17) is 9.63 Å². The van der Waals surface area contributed by atoms with Crippen molar-refractivity contribution >= 4 is 29.3 Å². The van der Waals surface area contributed by atoms with Gasteiger partial charge in [0, 0.05) is 11.0 Å². The molecular weight excluding hydrogens is 292 g/mol. The number of aromatic nitrogens is 1. The van der Waals surface area contributed by atoms with E-state index < -0.39 is 5.97 Å². The van der Waals surface area contributed by atoms with E-state index in [1.165, 1.54) is 17.4 Å². The zero-order valence-electron chi connectivity index (χ0n) is 11.5. The van der Waals surface area contributed by atoms with Crippen LogP contribution in [-0.4, -0.2) is 22.1 Å². The van der Waals surface area contributed by atoms with Crippen molar-refractivity contribution in [3.63, 3.8) is 0 Å². The van der Waals surface area contributed by atoms with Crippen LogP contribution >= 0.6 is 11.3 Å². The number of carboxylic acids is 1. The van der Waals surface area contributed by atoms with Gasteiger partial charge in [-0.05, 0) is 36.9 Å². The molecule has 2 rings (SSSR count). The lowest BCUT2D eigenvalue weighted by atomic mass is 10.2. The van der Waals surface area contributed by atoms with Crippen molar-refractivity contribution < 1.29 is 19.2 Å². The van der Waals surface area contributed by atoms with E-state index in [1.54, 1.807) is 13.8 Å². The molecule has 0 aliphatic heterocycles. The molecule has 0 atom stereocenters. The lowest BCUT2D eigenvalue weighted by Crippen LogP contribution is -2.23. The maximum atomic E-state index is 12.1. The molecule has 0 saturated heterocycles. The molecule has 0 aliphatic carbocycles. The van der Waals surface area contributed by atoms with Crippen molar-refractivity contribution in [2.75, 3.05) is 0 Å². The molecule has 21 heavy (non-hydrogen) atoms. The Morgan fingerprint density at radius 3 is 2.86 bits per heavy atom. The van der Waals surface area contributed by atoms with E-state index in [2.05, 4.69) is 10.5 Å². The van der Waals surface area contributed by atoms with Crippen LogP contribution in [-0.2, 0) is 11.3 Å². The van der Waals surface area contributed by atoms with Gasteiger partial charge in [-0.15, -0.1) is 11.3 Å². The Hall–Kier alpha value is -2.41. The summed E-state index contributed by atoms with van der Waals surface area (Å²) in [7, 11) is 0. The molecular formula is C14H14N2O4S. The first-order valence-corrected chi connectivity index (χ1v) is 7.05. The van der Waals surface area contributed by atoms with E-state index in [1.807, 2.05) is 11.4 Å². The number of amides is 1. The molecule has 7 heteroatoms. The third kappa shape index (κ3) is 3.57. The highest BCUT2D eigenvalue weighted by atomic mass is 32.1. The van der Waals surface area contributed by atoms with Gasteiger partial charge in [0.15, 0.2) is 0 Å². The van der Waals surface area contributed by atoms with Gasteiger partial charge in [0.25, 0.3) is 5.91 Å². The first-order chi connectivity index (χ1) is 9.99. The van der Waals surface area contributed by atoms with Crippen molar-refractivity contribution in [2.45, 2.75) is 20.4 Å². The summed E-state index contributed by atoms with van der Waals surface area (Å²) in [6, 6.07) is 1.81. The van der Waals surface area contributed by atoms with Gasteiger partial charge in [0.2, 0.25) is 0 Å². The van der Waals surface area contributed by atoms with Crippen LogP contribution in [0.4, 0.5) is 0 Å². The number of aliphatic carboxylic acids is 1. The Balaban J connectivity index is 2.06. The number of thiophene rings is 1. The van der Waals surface area contributed by atoms with Gasteiger partial charge in [-0.2, -0.15) is 0 Å². The molecule has 0 saturated carbocycles. The molecule has 2 aromatic heterocycles. The van der Waals surface area contributed by atoms with Crippen LogP contribution in [0.1, 0.15) is 32.3 Å². The number of carbonyl (C=O) groups is 2. The fourth-order valence-electron chi connectivity index (χ4n) is 1.86. The Labute approximate surface area is 125 Å². The third-order valence-electron chi connectivity index (χ3n) is 2.86. The highest BCUT2D eigenvalue weighted by Crippen LogP contribution is 2.19. The highest BCUT2D eigenvalue weighted by molar-refractivity contribution is 7.10. The number of carboxylic acid groups (broad SMARTS) is 1. The van der Waals surface area contributed by atoms with Crippen LogP contribution in [0.15, 0.2) is 22.0 Å². The van der Waals surface area contributed by atoms with Crippen molar-refractivity contribution in [1.29, 1.82) is 0 Å². The van der Waals surface area contributed by atoms with E-state index in [0.717, 1.165) is 16.5 Å². The fourth-order valence-corrected chi connectivity index (χ4v) is 2.67. The minimum absolute atomic E-state index is 0.257. The molecule has 0 unspecified atom stereocenters. The average molecular weight is 306 g/mol. The molecule has 0 fully saturated rings. The molecule has 6 nitrogen and oxygen atoms in total. The normalized spacial score (nSPS) is 11.0. The second kappa shape index (κ2) is 6.36. The molecule has 2 heterocycles. The maximum absolute atomic E-state index is 12.1. The first kappa shape index (κ1) is 15.0. The number of nitrogens with one attached hydrogen (secondary N) is 1. The highest BCUT2D eigenvalue weighted by Gasteiger charge is 2.17. The zero-order chi connectivity index (χ0) is 15.4. The molecule has 0 radical (unpaired) electrons. The van der Waals surface area contributed by atoms with Gasteiger partial charge in [0.05, 0.1) is 12.2 Å². The summed E-state index contributed by atoms with van der Waals surface area (Å²) < 4.78 is 4.96. The lowest BCUT2D eigenvalue weighted by Gasteiger charge is -2.04. The van der Waals surface area contributed by atoms with E-state index in [9.17, 15) is 9.59 Å². The number of aryl methyl sites for hydroxylation is 2. The van der Waals surface area contributed by atoms with Gasteiger partial charge >= 0.3 is 5.97 Å². The summed E-state index contributed by atoms with van der Waals surface area (Å²) in [5.74, 6) is -0.790. The van der Waals surface area contributed by atoms with Crippen molar-refractivity contribution in [3.05, 3.63) is 45.0 Å². The molecule has 0 aliphatic rings. The van der Waals surface area contributed by atoms with E-state index >= 15 is 0 Å². The predicted octanol–water partition coefficient (Wildman–Crippen LogP) is 2.38. The first-order valence-electron chi connectivity index (χ1n) is 6.17. The molecule has 0 aromatic carbocycles. The van der Waals surface area contributed by atoms with Crippen molar-refractivity contribution in [3.8, 4) is 0 Å². The molecule has 0 bridgehead atoms. The van der Waals surface area contributed by atoms with Crippen LogP contribution in [0.2, 0.25) is 0 Å². The number of rotatable bonds is 5. The van der Waals surface area contributed by atoms with Crippen molar-refractivity contribution in [2.24, 2.45) is 0 Å². The topological polar surface area (TPSA) is 92.4 Å². The Kier molecular flexibility index (Phi) is 4.54. The summed E-state index contributed by atoms with van der Waals surface area (Å²) in [5.41, 5.74) is 1.76. The zero-order valence-corrected chi connectivity index (χ0v) is 12.4. The smallest absolute Gasteiger partial charge is 0.328 e. The Bertz CT molecular complexity index is 680. The SMILES string of the molecule is Cc1noc(C)c1C(=O)NCc1sccc1/C=C/C(=O)O. The minimum Gasteiger partial charge on any atom is -0.478 e. The fraction of sp³-hybridized carbons (Fsp3) is 0.214. The summed E-state index contributed by atoms with van der Waals surface area (Å²) in [6.07, 6.45) is 2.58. The van der Waals surface area contributed by atoms with Crippen LogP contribution in [0, 0.1) is 13.8 Å². The Morgan fingerprint density at radius 2 is 2.24 bits per heavy atom. The predicted molar refractivity (Wildman–Crippen MR) is 78.1 cm³/mol. The van der Waals surface area contributed by atoms with Crippen LogP contribution in [0.3, 0.4) is 0 Å². The largest absolute Gasteiger partial charge is 0.478 e. The average Bonchev–Trinajstić information content (AvgIpc) is 3.00. The molecule has 1 amide bonds. The Morgan fingerprint density at radius 1 is 1.48 bits per heavy atom. The van der Waals surface area contributed by atoms with Gasteiger partial charge in [-0.1, -0.05) is 5.16 Å². The number of hydrogen-bond donors (Lipinski definition) is 2. The van der Waals surface area contributed by atoms with Gasteiger partial charge < -0.3 is 14.9 Å². The molecule has 2 N–H and O–H groups in total. The van der Waals surface area contributed by atoms with E-state index in [-0.39, 0.29) is 5.91 Å². The lowest BCUT2D eigenvalue weighted by molar-refractivity contribution is -0.131. The number of nitrogens with zero attached hydrogens (tertiary/aromatic N) is 1. The van der Waals surface area contributed by atoms with Gasteiger partial charge in [-0.25, -0.2) is 4.79 Å². The quantitative estimate of drug-likeness (QED) is 0.827. The molecule has 0 spiro atoms. The van der Waals surface area contributed by atoms with Gasteiger partial charge in [0.1, 0.15) is 11.3 Å². The van der Waals surface area contributed by atoms with Crippen LogP contribution in [0.25, 0.3) is 6.08 Å². The molecule has 110 valence electrons. The maximum Gasteiger partial charge on any atom is 0.328 e. The second-order valence-corrected chi connectivity index (χ2v) is 5.35. The monoisotopic (exact) mass is 306 g/mol. The number of carbonyl (C=O) groups excluding carboxylic acids is 1. The number of hydrogen-bond acceptors (Lipinski definition) is 5. The summed E-state index contributed by atoms with van der Waals surface area (Å²) in [6.45, 7) is 3.71. The second-order valence-electron chi connectivity index (χ2n) is 4.35. The van der Waals surface area contributed by atoms with Gasteiger partial charge in [-0.3, -0.25) is 4.79 Å². The summed E-state index contributed by atoms with van der Waals surface area (Å²) in [4.78, 5) is 23.5. The standard InChI is InChI=1S/C14H14N2O4S/c1-8-13(9(2)20-16-8)14(19)15-7-11-10(5-6-21-11)3-4-12(17)18/h3-6H,7H2,1-2H3,(H,15,19)(H,17,18)/b4-3+. The van der Waals surface area contributed by atoms with Crippen LogP contribution < -0.4 is 5.32 Å².